The molecule has 14 heteroatoms. The van der Waals surface area contributed by atoms with Gasteiger partial charge < -0.3 is 15.4 Å². The Morgan fingerprint density at radius 2 is 1.91 bits per heavy atom. The molecule has 2 aliphatic heterocycles. The molecule has 0 bridgehead atoms. The summed E-state index contributed by atoms with van der Waals surface area (Å²) in [6.07, 6.45) is 0.862. The number of thioether (sulfide) groups is 1. The third kappa shape index (κ3) is 5.02. The molecule has 3 amide bonds. The first-order valence-corrected chi connectivity index (χ1v) is 13.0. The summed E-state index contributed by atoms with van der Waals surface area (Å²) in [6, 6.07) is 4.69. The van der Waals surface area contributed by atoms with E-state index in [0.717, 1.165) is 34.9 Å². The van der Waals surface area contributed by atoms with Gasteiger partial charge in [-0.15, -0.1) is 11.6 Å². The fraction of sp³-hybridized carbons (Fsp3) is 0.238. The topological polar surface area (TPSA) is 117 Å². The molecule has 0 saturated carbocycles. The van der Waals surface area contributed by atoms with E-state index in [1.807, 2.05) is 0 Å². The van der Waals surface area contributed by atoms with E-state index in [4.69, 9.17) is 16.3 Å². The van der Waals surface area contributed by atoms with Crippen LogP contribution in [0.25, 0.3) is 0 Å². The van der Waals surface area contributed by atoms with Crippen molar-refractivity contribution in [2.75, 3.05) is 22.6 Å². The summed E-state index contributed by atoms with van der Waals surface area (Å²) in [6.45, 7) is 1.56. The van der Waals surface area contributed by atoms with E-state index in [1.165, 1.54) is 25.3 Å². The van der Waals surface area contributed by atoms with E-state index in [9.17, 15) is 26.8 Å². The third-order valence-corrected chi connectivity index (χ3v) is 8.52. The molecule has 2 aromatic rings. The predicted molar refractivity (Wildman–Crippen MR) is 130 cm³/mol. The number of benzene rings is 2. The van der Waals surface area contributed by atoms with Crippen molar-refractivity contribution in [3.63, 3.8) is 0 Å². The van der Waals surface area contributed by atoms with Gasteiger partial charge >= 0.3 is 6.03 Å². The second kappa shape index (κ2) is 9.55. The molecule has 0 spiro atoms. The highest BCUT2D eigenvalue weighted by Gasteiger charge is 2.34. The number of nitrogens with one attached hydrogen (secondary N) is 3. The van der Waals surface area contributed by atoms with E-state index in [1.54, 1.807) is 11.6 Å². The maximum absolute atomic E-state index is 14.8. The highest BCUT2D eigenvalue weighted by Crippen LogP contribution is 2.38. The number of sulfonamides is 1. The molecule has 0 saturated heterocycles. The van der Waals surface area contributed by atoms with Crippen molar-refractivity contribution in [2.45, 2.75) is 24.3 Å². The van der Waals surface area contributed by atoms with Gasteiger partial charge in [0.15, 0.2) is 6.23 Å². The average Bonchev–Trinajstić information content (AvgIpc) is 3.23. The summed E-state index contributed by atoms with van der Waals surface area (Å²) in [5.74, 6) is -2.02. The number of halogens is 3. The number of allylic oxidation sites excluding steroid dienone is 1. The molecule has 9 nitrogen and oxygen atoms in total. The van der Waals surface area contributed by atoms with Crippen LogP contribution < -0.4 is 25.0 Å². The summed E-state index contributed by atoms with van der Waals surface area (Å²) in [7, 11) is -2.62. The first-order chi connectivity index (χ1) is 16.5. The minimum atomic E-state index is -4.15. The molecular weight excluding hydrogens is 526 g/mol. The van der Waals surface area contributed by atoms with Crippen LogP contribution in [0.15, 0.2) is 40.6 Å². The van der Waals surface area contributed by atoms with Gasteiger partial charge in [-0.3, -0.25) is 9.69 Å². The summed E-state index contributed by atoms with van der Waals surface area (Å²) >= 11 is 6.74. The maximum atomic E-state index is 14.8. The Kier molecular flexibility index (Phi) is 6.84. The largest absolute Gasteiger partial charge is 0.469 e. The van der Waals surface area contributed by atoms with Gasteiger partial charge in [-0.25, -0.2) is 26.7 Å². The smallest absolute Gasteiger partial charge is 0.333 e. The highest BCUT2D eigenvalue weighted by atomic mass is 35.5. The van der Waals surface area contributed by atoms with Crippen LogP contribution in [0.2, 0.25) is 0 Å². The lowest BCUT2D eigenvalue weighted by Crippen LogP contribution is -2.46. The van der Waals surface area contributed by atoms with Crippen molar-refractivity contribution >= 4 is 62.4 Å². The van der Waals surface area contributed by atoms with Crippen molar-refractivity contribution in [3.05, 3.63) is 57.8 Å². The number of nitrogens with zero attached hydrogens (tertiary/aromatic N) is 1. The number of alkyl halides is 1. The molecule has 2 unspecified atom stereocenters. The van der Waals surface area contributed by atoms with Gasteiger partial charge in [0.05, 0.1) is 27.3 Å². The van der Waals surface area contributed by atoms with E-state index in [-0.39, 0.29) is 32.6 Å². The number of hydrogen-bond donors (Lipinski definition) is 3. The zero-order valence-electron chi connectivity index (χ0n) is 18.3. The molecule has 2 aromatic carbocycles. The number of carbonyl (C=O) groups excluding carboxylic acids is 2. The summed E-state index contributed by atoms with van der Waals surface area (Å²) in [4.78, 5) is 26.3. The number of rotatable bonds is 5. The Hall–Kier alpha value is -3.03. The molecule has 3 N–H and O–H groups in total. The van der Waals surface area contributed by atoms with Gasteiger partial charge in [0.25, 0.3) is 15.9 Å². The number of anilines is 3. The second-order valence-corrected chi connectivity index (χ2v) is 11.4. The minimum Gasteiger partial charge on any atom is -0.469 e. The van der Waals surface area contributed by atoms with Crippen LogP contribution in [0, 0.1) is 11.6 Å². The van der Waals surface area contributed by atoms with E-state index in [0.29, 0.717) is 6.42 Å². The van der Waals surface area contributed by atoms with Gasteiger partial charge in [-0.1, -0.05) is 17.8 Å². The monoisotopic (exact) mass is 544 g/mol. The van der Waals surface area contributed by atoms with Crippen LogP contribution in [-0.2, 0) is 10.0 Å². The molecule has 35 heavy (non-hydrogen) atoms. The normalized spacial score (nSPS) is 19.5. The molecule has 2 aliphatic rings. The standard InChI is InChI=1S/C21H19ClF2N4O5S2/c1-10-28(20(29)12-8-14(24)16(25-2)9-17(12)33-10)11-3-4-15(13(23)7-11)26-21(30)27-35(31,32)19-6-5-18(22)34-19/h3-4,6-10,18,25H,5H2,1-2H3,(H2,26,27,30). The number of amides is 3. The van der Waals surface area contributed by atoms with Gasteiger partial charge in [0.1, 0.15) is 21.6 Å². The van der Waals surface area contributed by atoms with Crippen LogP contribution in [-0.4, -0.2) is 38.3 Å². The molecule has 4 rings (SSSR count). The average molecular weight is 545 g/mol. The number of carbonyl (C=O) groups is 2. The lowest BCUT2D eigenvalue weighted by atomic mass is 10.1. The highest BCUT2D eigenvalue weighted by molar-refractivity contribution is 8.19. The fourth-order valence-corrected chi connectivity index (χ4v) is 6.39. The number of hydrogen-bond acceptors (Lipinski definition) is 7. The number of fused-ring (bicyclic) bond motifs is 1. The van der Waals surface area contributed by atoms with Crippen LogP contribution in [0.3, 0.4) is 0 Å². The SMILES string of the molecule is CNc1cc2c(cc1F)C(=O)N(c1ccc(NC(=O)NS(=O)(=O)C3=CCC(Cl)S3)c(F)c1)C(C)O2. The van der Waals surface area contributed by atoms with Crippen molar-refractivity contribution in [2.24, 2.45) is 0 Å². The molecule has 0 radical (unpaired) electrons. The molecule has 2 heterocycles. The zero-order valence-corrected chi connectivity index (χ0v) is 20.7. The number of ether oxygens (including phenoxy) is 1. The lowest BCUT2D eigenvalue weighted by molar-refractivity contribution is 0.0876. The Morgan fingerprint density at radius 3 is 2.54 bits per heavy atom. The lowest BCUT2D eigenvalue weighted by Gasteiger charge is -2.35. The summed E-state index contributed by atoms with van der Waals surface area (Å²) in [5, 5.41) is 4.79. The number of urea groups is 1. The van der Waals surface area contributed by atoms with Crippen LogP contribution >= 0.6 is 23.4 Å². The van der Waals surface area contributed by atoms with Crippen molar-refractivity contribution < 1.29 is 31.5 Å². The first kappa shape index (κ1) is 25.1. The van der Waals surface area contributed by atoms with Gasteiger partial charge in [-0.05, 0) is 37.6 Å². The molecule has 2 atom stereocenters. The van der Waals surface area contributed by atoms with Crippen molar-refractivity contribution in [1.82, 2.24) is 4.72 Å². The minimum absolute atomic E-state index is 0.0370. The van der Waals surface area contributed by atoms with Crippen molar-refractivity contribution in [3.8, 4) is 5.75 Å². The molecule has 0 fully saturated rings. The van der Waals surface area contributed by atoms with Gasteiger partial charge in [-0.2, -0.15) is 0 Å². The van der Waals surface area contributed by atoms with Crippen LogP contribution in [0.4, 0.5) is 30.6 Å². The molecule has 0 aliphatic carbocycles. The third-order valence-electron chi connectivity index (χ3n) is 5.13. The summed E-state index contributed by atoms with van der Waals surface area (Å²) < 4.78 is 60.5. The maximum Gasteiger partial charge on any atom is 0.333 e. The van der Waals surface area contributed by atoms with E-state index >= 15 is 0 Å². The molecule has 0 aromatic heterocycles. The first-order valence-electron chi connectivity index (χ1n) is 10.2. The Morgan fingerprint density at radius 1 is 1.20 bits per heavy atom. The van der Waals surface area contributed by atoms with E-state index < -0.39 is 44.5 Å². The van der Waals surface area contributed by atoms with E-state index in [2.05, 4.69) is 10.6 Å². The predicted octanol–water partition coefficient (Wildman–Crippen LogP) is 4.39. The van der Waals surface area contributed by atoms with Gasteiger partial charge in [0.2, 0.25) is 0 Å². The van der Waals surface area contributed by atoms with Crippen molar-refractivity contribution in [1.29, 1.82) is 0 Å². The Bertz CT molecular complexity index is 1360. The zero-order chi connectivity index (χ0) is 25.5. The molecule has 186 valence electrons. The molecular formula is C21H19ClF2N4O5S2. The fourth-order valence-electron chi connectivity index (χ4n) is 3.53. The Labute approximate surface area is 208 Å². The quantitative estimate of drug-likeness (QED) is 0.478. The second-order valence-electron chi connectivity index (χ2n) is 7.48. The Balaban J connectivity index is 1.51. The summed E-state index contributed by atoms with van der Waals surface area (Å²) in [5.41, 5.74) is -0.120. The van der Waals surface area contributed by atoms with Gasteiger partial charge in [0, 0.05) is 13.1 Å². The van der Waals surface area contributed by atoms with Crippen LogP contribution in [0.5, 0.6) is 5.75 Å². The van der Waals surface area contributed by atoms with Crippen LogP contribution in [0.1, 0.15) is 23.7 Å².